The summed E-state index contributed by atoms with van der Waals surface area (Å²) in [5.41, 5.74) is 0.231. The zero-order valence-corrected chi connectivity index (χ0v) is 16.2. The Labute approximate surface area is 162 Å². The lowest BCUT2D eigenvalue weighted by molar-refractivity contribution is -0.384. The molecule has 0 saturated carbocycles. The van der Waals surface area contributed by atoms with Crippen LogP contribution in [-0.4, -0.2) is 31.5 Å². The van der Waals surface area contributed by atoms with Gasteiger partial charge in [-0.25, -0.2) is 8.42 Å². The molecule has 0 aliphatic carbocycles. The standard InChI is InChI=1S/C17H18ClN3O5S/c1-3-16(17(22)19-13-9-7-12(18)8-10-13)20(27(2,25)26)14-5-4-6-15(11-14)21(23)24/h4-11,16H,3H2,1-2H3,(H,19,22)/t16-/m1/s1. The maximum Gasteiger partial charge on any atom is 0.271 e. The second kappa shape index (κ2) is 8.36. The number of amides is 1. The van der Waals surface area contributed by atoms with Crippen LogP contribution in [0.3, 0.4) is 0 Å². The summed E-state index contributed by atoms with van der Waals surface area (Å²) in [5.74, 6) is -0.559. The van der Waals surface area contributed by atoms with E-state index in [2.05, 4.69) is 5.32 Å². The van der Waals surface area contributed by atoms with Crippen molar-refractivity contribution in [3.05, 3.63) is 63.7 Å². The first-order valence-corrected chi connectivity index (χ1v) is 10.2. The molecule has 1 amide bonds. The first-order chi connectivity index (χ1) is 12.6. The van der Waals surface area contributed by atoms with Crippen LogP contribution in [0.25, 0.3) is 0 Å². The number of nitrogens with zero attached hydrogens (tertiary/aromatic N) is 2. The maximum atomic E-state index is 12.7. The molecule has 0 aromatic heterocycles. The van der Waals surface area contributed by atoms with Crippen molar-refractivity contribution in [1.29, 1.82) is 0 Å². The van der Waals surface area contributed by atoms with E-state index in [-0.39, 0.29) is 17.8 Å². The molecule has 2 rings (SSSR count). The number of hydrogen-bond acceptors (Lipinski definition) is 5. The Bertz CT molecular complexity index is 947. The van der Waals surface area contributed by atoms with Gasteiger partial charge in [-0.2, -0.15) is 0 Å². The van der Waals surface area contributed by atoms with Crippen LogP contribution < -0.4 is 9.62 Å². The maximum absolute atomic E-state index is 12.7. The predicted octanol–water partition coefficient (Wildman–Crippen LogP) is 3.43. The normalized spacial score (nSPS) is 12.3. The van der Waals surface area contributed by atoms with Crippen molar-refractivity contribution in [3.8, 4) is 0 Å². The summed E-state index contributed by atoms with van der Waals surface area (Å²) in [7, 11) is -3.89. The van der Waals surface area contributed by atoms with E-state index in [1.54, 1.807) is 31.2 Å². The fourth-order valence-corrected chi connectivity index (χ4v) is 3.89. The number of nitro groups is 1. The van der Waals surface area contributed by atoms with Gasteiger partial charge in [0, 0.05) is 22.8 Å². The Kier molecular flexibility index (Phi) is 6.40. The van der Waals surface area contributed by atoms with Gasteiger partial charge in [0.1, 0.15) is 6.04 Å². The molecule has 0 saturated heterocycles. The van der Waals surface area contributed by atoms with Crippen LogP contribution in [0.4, 0.5) is 17.1 Å². The molecule has 8 nitrogen and oxygen atoms in total. The van der Waals surface area contributed by atoms with Crippen LogP contribution in [0.15, 0.2) is 48.5 Å². The van der Waals surface area contributed by atoms with E-state index in [1.807, 2.05) is 0 Å². The average molecular weight is 412 g/mol. The number of rotatable bonds is 7. The van der Waals surface area contributed by atoms with Gasteiger partial charge in [0.05, 0.1) is 16.9 Å². The summed E-state index contributed by atoms with van der Waals surface area (Å²) in [5, 5.41) is 14.2. The number of carbonyl (C=O) groups is 1. The number of anilines is 2. The average Bonchev–Trinajstić information content (AvgIpc) is 2.60. The van der Waals surface area contributed by atoms with Crippen molar-refractivity contribution >= 4 is 44.6 Å². The molecule has 1 atom stereocenters. The van der Waals surface area contributed by atoms with Crippen LogP contribution in [0.2, 0.25) is 5.02 Å². The van der Waals surface area contributed by atoms with Crippen molar-refractivity contribution in [2.45, 2.75) is 19.4 Å². The fourth-order valence-electron chi connectivity index (χ4n) is 2.56. The molecule has 2 aromatic rings. The summed E-state index contributed by atoms with van der Waals surface area (Å²) >= 11 is 5.81. The molecule has 0 aliphatic rings. The third-order valence-electron chi connectivity index (χ3n) is 3.74. The molecule has 0 heterocycles. The Morgan fingerprint density at radius 2 is 1.89 bits per heavy atom. The zero-order valence-electron chi connectivity index (χ0n) is 14.6. The number of halogens is 1. The Morgan fingerprint density at radius 1 is 1.26 bits per heavy atom. The number of nitro benzene ring substituents is 1. The molecule has 1 N–H and O–H groups in total. The van der Waals surface area contributed by atoms with Crippen LogP contribution >= 0.6 is 11.6 Å². The van der Waals surface area contributed by atoms with Gasteiger partial charge in [0.25, 0.3) is 5.69 Å². The first kappa shape index (κ1) is 20.7. The number of nitrogens with one attached hydrogen (secondary N) is 1. The first-order valence-electron chi connectivity index (χ1n) is 7.93. The van der Waals surface area contributed by atoms with Crippen LogP contribution in [0, 0.1) is 10.1 Å². The Balaban J connectivity index is 2.41. The monoisotopic (exact) mass is 411 g/mol. The van der Waals surface area contributed by atoms with Crippen LogP contribution in [0.5, 0.6) is 0 Å². The predicted molar refractivity (Wildman–Crippen MR) is 105 cm³/mol. The molecule has 0 fully saturated rings. The van der Waals surface area contributed by atoms with Crippen molar-refractivity contribution in [3.63, 3.8) is 0 Å². The summed E-state index contributed by atoms with van der Waals surface area (Å²) in [6.45, 7) is 1.65. The quantitative estimate of drug-likeness (QED) is 0.554. The molecule has 0 aliphatic heterocycles. The second-order valence-electron chi connectivity index (χ2n) is 5.76. The molecule has 0 spiro atoms. The van der Waals surface area contributed by atoms with E-state index < -0.39 is 26.9 Å². The van der Waals surface area contributed by atoms with Crippen molar-refractivity contribution in [2.24, 2.45) is 0 Å². The van der Waals surface area contributed by atoms with Gasteiger partial charge < -0.3 is 5.32 Å². The number of benzene rings is 2. The van der Waals surface area contributed by atoms with Gasteiger partial charge >= 0.3 is 0 Å². The number of non-ortho nitro benzene ring substituents is 1. The molecular formula is C17H18ClN3O5S. The topological polar surface area (TPSA) is 110 Å². The lowest BCUT2D eigenvalue weighted by atomic mass is 10.1. The van der Waals surface area contributed by atoms with E-state index in [0.717, 1.165) is 16.6 Å². The number of sulfonamides is 1. The molecular weight excluding hydrogens is 394 g/mol. The van der Waals surface area contributed by atoms with E-state index in [4.69, 9.17) is 11.6 Å². The van der Waals surface area contributed by atoms with Gasteiger partial charge in [0.2, 0.25) is 15.9 Å². The minimum atomic E-state index is -3.89. The SMILES string of the molecule is CC[C@H](C(=O)Nc1ccc(Cl)cc1)N(c1cccc([N+](=O)[O-])c1)S(C)(=O)=O. The molecule has 27 heavy (non-hydrogen) atoms. The summed E-state index contributed by atoms with van der Waals surface area (Å²) in [6, 6.07) is 10.4. The van der Waals surface area contributed by atoms with Gasteiger partial charge in [-0.1, -0.05) is 24.6 Å². The van der Waals surface area contributed by atoms with Crippen LogP contribution in [0.1, 0.15) is 13.3 Å². The molecule has 0 bridgehead atoms. The summed E-state index contributed by atoms with van der Waals surface area (Å²) in [4.78, 5) is 23.1. The van der Waals surface area contributed by atoms with Crippen LogP contribution in [-0.2, 0) is 14.8 Å². The lowest BCUT2D eigenvalue weighted by Crippen LogP contribution is -2.47. The highest BCUT2D eigenvalue weighted by atomic mass is 35.5. The Morgan fingerprint density at radius 3 is 2.41 bits per heavy atom. The highest BCUT2D eigenvalue weighted by Gasteiger charge is 2.32. The lowest BCUT2D eigenvalue weighted by Gasteiger charge is -2.30. The van der Waals surface area contributed by atoms with E-state index in [1.165, 1.54) is 18.2 Å². The molecule has 10 heteroatoms. The van der Waals surface area contributed by atoms with Crippen molar-refractivity contribution < 1.29 is 18.1 Å². The molecule has 144 valence electrons. The molecule has 0 radical (unpaired) electrons. The van der Waals surface area contributed by atoms with Crippen molar-refractivity contribution in [1.82, 2.24) is 0 Å². The van der Waals surface area contributed by atoms with Crippen molar-refractivity contribution in [2.75, 3.05) is 15.9 Å². The molecule has 2 aromatic carbocycles. The fraction of sp³-hybridized carbons (Fsp3) is 0.235. The third kappa shape index (κ3) is 5.18. The Hall–Kier alpha value is -2.65. The van der Waals surface area contributed by atoms with Gasteiger partial charge in [-0.15, -0.1) is 0 Å². The number of hydrogen-bond donors (Lipinski definition) is 1. The summed E-state index contributed by atoms with van der Waals surface area (Å²) in [6.07, 6.45) is 1.11. The highest BCUT2D eigenvalue weighted by molar-refractivity contribution is 7.92. The third-order valence-corrected chi connectivity index (χ3v) is 5.17. The largest absolute Gasteiger partial charge is 0.324 e. The van der Waals surface area contributed by atoms with E-state index >= 15 is 0 Å². The van der Waals surface area contributed by atoms with E-state index in [9.17, 15) is 23.3 Å². The minimum absolute atomic E-state index is 0.0461. The second-order valence-corrected chi connectivity index (χ2v) is 8.05. The summed E-state index contributed by atoms with van der Waals surface area (Å²) < 4.78 is 25.6. The van der Waals surface area contributed by atoms with Gasteiger partial charge in [0.15, 0.2) is 0 Å². The minimum Gasteiger partial charge on any atom is -0.324 e. The zero-order chi connectivity index (χ0) is 20.2. The smallest absolute Gasteiger partial charge is 0.271 e. The highest BCUT2D eigenvalue weighted by Crippen LogP contribution is 2.27. The van der Waals surface area contributed by atoms with Gasteiger partial charge in [-0.3, -0.25) is 19.2 Å². The van der Waals surface area contributed by atoms with Gasteiger partial charge in [-0.05, 0) is 36.8 Å². The number of carbonyl (C=O) groups excluding carboxylic acids is 1. The van der Waals surface area contributed by atoms with E-state index in [0.29, 0.717) is 10.7 Å². The molecule has 0 unspecified atom stereocenters.